The van der Waals surface area contributed by atoms with E-state index in [1.807, 2.05) is 12.1 Å². The Hall–Kier alpha value is -3.18. The van der Waals surface area contributed by atoms with E-state index in [-0.39, 0.29) is 5.56 Å². The minimum atomic E-state index is 0.268. The molecule has 0 spiro atoms. The SMILES string of the molecule is COc1cc(OC)cc(Oc2ccc(C#N)c(C#N)c2)c1. The smallest absolute Gasteiger partial charge is 0.134 e. The normalized spacial score (nSPS) is 9.33. The van der Waals surface area contributed by atoms with Gasteiger partial charge >= 0.3 is 0 Å². The van der Waals surface area contributed by atoms with Gasteiger partial charge < -0.3 is 14.2 Å². The van der Waals surface area contributed by atoms with Crippen molar-refractivity contribution in [3.8, 4) is 35.1 Å². The molecule has 0 amide bonds. The van der Waals surface area contributed by atoms with Crippen molar-refractivity contribution >= 4 is 0 Å². The maximum Gasteiger partial charge on any atom is 0.134 e. The predicted octanol–water partition coefficient (Wildman–Crippen LogP) is 3.24. The van der Waals surface area contributed by atoms with Gasteiger partial charge in [-0.05, 0) is 18.2 Å². The molecule has 21 heavy (non-hydrogen) atoms. The second-order valence-electron chi connectivity index (χ2n) is 4.08. The van der Waals surface area contributed by atoms with Crippen molar-refractivity contribution in [2.45, 2.75) is 0 Å². The Balaban J connectivity index is 2.34. The van der Waals surface area contributed by atoms with E-state index in [1.165, 1.54) is 6.07 Å². The summed E-state index contributed by atoms with van der Waals surface area (Å²) in [6.07, 6.45) is 0. The van der Waals surface area contributed by atoms with Crippen LogP contribution in [0.15, 0.2) is 36.4 Å². The van der Waals surface area contributed by atoms with Crippen LogP contribution in [0.4, 0.5) is 0 Å². The fourth-order valence-corrected chi connectivity index (χ4v) is 1.75. The van der Waals surface area contributed by atoms with Gasteiger partial charge in [-0.3, -0.25) is 0 Å². The van der Waals surface area contributed by atoms with Crippen molar-refractivity contribution in [3.63, 3.8) is 0 Å². The highest BCUT2D eigenvalue weighted by Crippen LogP contribution is 2.31. The van der Waals surface area contributed by atoms with Crippen LogP contribution in [0.5, 0.6) is 23.0 Å². The van der Waals surface area contributed by atoms with Crippen LogP contribution in [0.2, 0.25) is 0 Å². The highest BCUT2D eigenvalue weighted by molar-refractivity contribution is 5.51. The monoisotopic (exact) mass is 280 g/mol. The largest absolute Gasteiger partial charge is 0.496 e. The Labute approximate surface area is 122 Å². The molecule has 104 valence electrons. The van der Waals surface area contributed by atoms with Crippen LogP contribution in [0, 0.1) is 22.7 Å². The zero-order chi connectivity index (χ0) is 15.2. The highest BCUT2D eigenvalue weighted by atomic mass is 16.5. The van der Waals surface area contributed by atoms with Crippen molar-refractivity contribution in [1.82, 2.24) is 0 Å². The third-order valence-electron chi connectivity index (χ3n) is 2.79. The van der Waals surface area contributed by atoms with Crippen LogP contribution < -0.4 is 14.2 Å². The molecule has 0 radical (unpaired) electrons. The van der Waals surface area contributed by atoms with Crippen LogP contribution in [0.1, 0.15) is 11.1 Å². The molecule has 0 atom stereocenters. The van der Waals surface area contributed by atoms with Crippen LogP contribution in [-0.2, 0) is 0 Å². The summed E-state index contributed by atoms with van der Waals surface area (Å²) < 4.78 is 16.0. The van der Waals surface area contributed by atoms with Gasteiger partial charge in [0.15, 0.2) is 0 Å². The van der Waals surface area contributed by atoms with E-state index in [0.29, 0.717) is 28.6 Å². The Kier molecular flexibility index (Phi) is 4.28. The van der Waals surface area contributed by atoms with Gasteiger partial charge in [-0.15, -0.1) is 0 Å². The number of hydrogen-bond acceptors (Lipinski definition) is 5. The minimum absolute atomic E-state index is 0.268. The first kappa shape index (κ1) is 14.2. The maximum atomic E-state index is 9.01. The molecule has 0 heterocycles. The Morgan fingerprint density at radius 1 is 0.714 bits per heavy atom. The molecule has 5 heteroatoms. The van der Waals surface area contributed by atoms with Crippen LogP contribution in [0.3, 0.4) is 0 Å². The van der Waals surface area contributed by atoms with E-state index in [9.17, 15) is 0 Å². The first-order valence-electron chi connectivity index (χ1n) is 6.05. The zero-order valence-electron chi connectivity index (χ0n) is 11.6. The predicted molar refractivity (Wildman–Crippen MR) is 75.5 cm³/mol. The van der Waals surface area contributed by atoms with Crippen LogP contribution in [0.25, 0.3) is 0 Å². The molecular formula is C16H12N2O3. The van der Waals surface area contributed by atoms with Gasteiger partial charge in [0.05, 0.1) is 25.3 Å². The Morgan fingerprint density at radius 2 is 1.29 bits per heavy atom. The van der Waals surface area contributed by atoms with E-state index in [1.54, 1.807) is 44.6 Å². The fraction of sp³-hybridized carbons (Fsp3) is 0.125. The molecule has 2 aromatic carbocycles. The highest BCUT2D eigenvalue weighted by Gasteiger charge is 2.07. The number of nitrogens with zero attached hydrogens (tertiary/aromatic N) is 2. The molecule has 2 rings (SSSR count). The second-order valence-corrected chi connectivity index (χ2v) is 4.08. The van der Waals surface area contributed by atoms with Crippen molar-refractivity contribution in [2.75, 3.05) is 14.2 Å². The average molecular weight is 280 g/mol. The standard InChI is InChI=1S/C16H12N2O3/c1-19-14-6-15(20-2)8-16(7-14)21-13-4-3-11(9-17)12(5-13)10-18/h3-8H,1-2H3. The van der Waals surface area contributed by atoms with E-state index in [2.05, 4.69) is 0 Å². The molecule has 0 aliphatic heterocycles. The number of nitriles is 2. The molecule has 0 aliphatic rings. The minimum Gasteiger partial charge on any atom is -0.496 e. The summed E-state index contributed by atoms with van der Waals surface area (Å²) in [6, 6.07) is 13.7. The lowest BCUT2D eigenvalue weighted by Gasteiger charge is -2.10. The van der Waals surface area contributed by atoms with Gasteiger partial charge in [-0.2, -0.15) is 10.5 Å². The number of hydrogen-bond donors (Lipinski definition) is 0. The summed E-state index contributed by atoms with van der Waals surface area (Å²) in [5.74, 6) is 2.16. The molecule has 0 aliphatic carbocycles. The summed E-state index contributed by atoms with van der Waals surface area (Å²) in [6.45, 7) is 0. The van der Waals surface area contributed by atoms with Crippen molar-refractivity contribution in [1.29, 1.82) is 10.5 Å². The summed E-state index contributed by atoms with van der Waals surface area (Å²) in [5.41, 5.74) is 0.581. The number of methoxy groups -OCH3 is 2. The van der Waals surface area contributed by atoms with Gasteiger partial charge in [-0.1, -0.05) is 0 Å². The molecule has 0 saturated carbocycles. The molecule has 0 saturated heterocycles. The lowest BCUT2D eigenvalue weighted by molar-refractivity contribution is 0.386. The molecule has 5 nitrogen and oxygen atoms in total. The fourth-order valence-electron chi connectivity index (χ4n) is 1.75. The third kappa shape index (κ3) is 3.23. The van der Waals surface area contributed by atoms with Crippen LogP contribution in [-0.4, -0.2) is 14.2 Å². The lowest BCUT2D eigenvalue weighted by atomic mass is 10.1. The van der Waals surface area contributed by atoms with Gasteiger partial charge in [0.1, 0.15) is 35.1 Å². The molecule has 0 bridgehead atoms. The molecule has 0 fully saturated rings. The number of rotatable bonds is 4. The lowest BCUT2D eigenvalue weighted by Crippen LogP contribution is -1.91. The van der Waals surface area contributed by atoms with Gasteiger partial charge in [0, 0.05) is 18.2 Å². The summed E-state index contributed by atoms with van der Waals surface area (Å²) in [4.78, 5) is 0. The van der Waals surface area contributed by atoms with E-state index >= 15 is 0 Å². The van der Waals surface area contributed by atoms with E-state index < -0.39 is 0 Å². The van der Waals surface area contributed by atoms with E-state index in [4.69, 9.17) is 24.7 Å². The average Bonchev–Trinajstić information content (AvgIpc) is 2.54. The first-order valence-corrected chi connectivity index (χ1v) is 6.05. The molecular weight excluding hydrogens is 268 g/mol. The molecule has 0 unspecified atom stereocenters. The summed E-state index contributed by atoms with van der Waals surface area (Å²) in [5, 5.41) is 17.9. The maximum absolute atomic E-state index is 9.01. The number of ether oxygens (including phenoxy) is 3. The van der Waals surface area contributed by atoms with Crippen LogP contribution >= 0.6 is 0 Å². The third-order valence-corrected chi connectivity index (χ3v) is 2.79. The summed E-state index contributed by atoms with van der Waals surface area (Å²) >= 11 is 0. The first-order chi connectivity index (χ1) is 10.2. The quantitative estimate of drug-likeness (QED) is 0.859. The van der Waals surface area contributed by atoms with Crippen molar-refractivity contribution < 1.29 is 14.2 Å². The van der Waals surface area contributed by atoms with Gasteiger partial charge in [0.2, 0.25) is 0 Å². The van der Waals surface area contributed by atoms with Crippen molar-refractivity contribution in [3.05, 3.63) is 47.5 Å². The van der Waals surface area contributed by atoms with Gasteiger partial charge in [-0.25, -0.2) is 0 Å². The van der Waals surface area contributed by atoms with Gasteiger partial charge in [0.25, 0.3) is 0 Å². The molecule has 0 N–H and O–H groups in total. The zero-order valence-corrected chi connectivity index (χ0v) is 11.6. The second kappa shape index (κ2) is 6.31. The Morgan fingerprint density at radius 3 is 1.81 bits per heavy atom. The van der Waals surface area contributed by atoms with Crippen molar-refractivity contribution in [2.24, 2.45) is 0 Å². The Bertz CT molecular complexity index is 720. The molecule has 0 aromatic heterocycles. The number of benzene rings is 2. The summed E-state index contributed by atoms with van der Waals surface area (Å²) in [7, 11) is 3.10. The topological polar surface area (TPSA) is 75.3 Å². The molecule has 2 aromatic rings. The van der Waals surface area contributed by atoms with E-state index in [0.717, 1.165) is 0 Å².